The highest BCUT2D eigenvalue weighted by atomic mass is 32.2. The molecular weight excluding hydrogens is 511 g/mol. The topological polar surface area (TPSA) is 118 Å². The number of carbonyl (C=O) groups is 1. The minimum absolute atomic E-state index is 0.0107. The average Bonchev–Trinajstić information content (AvgIpc) is 3.55. The number of para-hydroxylation sites is 1. The molecule has 4 heterocycles. The number of aromatic nitrogens is 3. The number of halogens is 3. The minimum Gasteiger partial charge on any atom is -0.443 e. The number of hydrogen-bond acceptors (Lipinski definition) is 7. The lowest BCUT2D eigenvalue weighted by molar-refractivity contribution is -0.145. The molecule has 1 aromatic carbocycles. The van der Waals surface area contributed by atoms with E-state index < -0.39 is 34.0 Å². The van der Waals surface area contributed by atoms with Crippen LogP contribution in [0.15, 0.2) is 70.6 Å². The third-order valence-electron chi connectivity index (χ3n) is 5.97. The monoisotopic (exact) mass is 531 g/mol. The quantitative estimate of drug-likeness (QED) is 0.402. The average molecular weight is 532 g/mol. The number of furan rings is 1. The van der Waals surface area contributed by atoms with Crippen LogP contribution < -0.4 is 5.32 Å². The predicted molar refractivity (Wildman–Crippen MR) is 125 cm³/mol. The molecule has 0 bridgehead atoms. The van der Waals surface area contributed by atoms with E-state index in [0.717, 1.165) is 16.7 Å². The van der Waals surface area contributed by atoms with Crippen molar-refractivity contribution in [1.29, 1.82) is 0 Å². The molecular formula is C24H20F3N5O4S. The van der Waals surface area contributed by atoms with Crippen LogP contribution in [-0.4, -0.2) is 46.2 Å². The van der Waals surface area contributed by atoms with Crippen LogP contribution in [-0.2, 0) is 27.5 Å². The van der Waals surface area contributed by atoms with Crippen molar-refractivity contribution in [3.63, 3.8) is 0 Å². The highest BCUT2D eigenvalue weighted by Crippen LogP contribution is 2.30. The number of fused-ring (bicyclic) bond motifs is 1. The Bertz CT molecular complexity index is 1520. The van der Waals surface area contributed by atoms with Gasteiger partial charge in [0.2, 0.25) is 16.8 Å². The number of alkyl halides is 3. The van der Waals surface area contributed by atoms with E-state index >= 15 is 0 Å². The lowest BCUT2D eigenvalue weighted by Crippen LogP contribution is -2.45. The number of nitrogens with zero attached hydrogens (tertiary/aromatic N) is 4. The number of carbonyl (C=O) groups excluding carboxylic acids is 1. The van der Waals surface area contributed by atoms with Gasteiger partial charge in [-0.25, -0.2) is 18.4 Å². The minimum atomic E-state index is -4.64. The van der Waals surface area contributed by atoms with Gasteiger partial charge in [-0.05, 0) is 36.6 Å². The summed E-state index contributed by atoms with van der Waals surface area (Å²) in [6.45, 7) is 0.169. The molecule has 1 saturated heterocycles. The molecule has 37 heavy (non-hydrogen) atoms. The summed E-state index contributed by atoms with van der Waals surface area (Å²) in [5.41, 5.74) is 1.73. The molecule has 13 heteroatoms. The highest BCUT2D eigenvalue weighted by molar-refractivity contribution is 7.89. The van der Waals surface area contributed by atoms with E-state index in [0.29, 0.717) is 40.6 Å². The number of pyridine rings is 1. The molecule has 5 rings (SSSR count). The fourth-order valence-corrected chi connectivity index (χ4v) is 5.77. The van der Waals surface area contributed by atoms with Gasteiger partial charge in [-0.15, -0.1) is 0 Å². The Labute approximate surface area is 209 Å². The van der Waals surface area contributed by atoms with Crippen molar-refractivity contribution in [2.75, 3.05) is 6.54 Å². The molecule has 1 N–H and O–H groups in total. The van der Waals surface area contributed by atoms with Crippen LogP contribution in [0.3, 0.4) is 0 Å². The van der Waals surface area contributed by atoms with E-state index in [2.05, 4.69) is 20.3 Å². The van der Waals surface area contributed by atoms with Crippen molar-refractivity contribution in [2.45, 2.75) is 36.7 Å². The molecule has 0 saturated carbocycles. The number of sulfonamides is 1. The van der Waals surface area contributed by atoms with Crippen molar-refractivity contribution in [3.8, 4) is 11.1 Å². The molecule has 192 valence electrons. The molecule has 0 spiro atoms. The van der Waals surface area contributed by atoms with Gasteiger partial charge in [0.25, 0.3) is 10.0 Å². The Morgan fingerprint density at radius 2 is 1.84 bits per heavy atom. The maximum Gasteiger partial charge on any atom is 0.451 e. The first kappa shape index (κ1) is 24.8. The second kappa shape index (κ2) is 9.56. The third kappa shape index (κ3) is 5.04. The van der Waals surface area contributed by atoms with Crippen LogP contribution >= 0.6 is 0 Å². The van der Waals surface area contributed by atoms with Crippen molar-refractivity contribution in [2.24, 2.45) is 0 Å². The number of amides is 1. The van der Waals surface area contributed by atoms with Gasteiger partial charge in [-0.2, -0.15) is 17.5 Å². The lowest BCUT2D eigenvalue weighted by atomic mass is 10.1. The number of hydrogen-bond donors (Lipinski definition) is 1. The fourth-order valence-electron chi connectivity index (χ4n) is 4.16. The first-order valence-corrected chi connectivity index (χ1v) is 12.7. The maximum absolute atomic E-state index is 13.2. The molecule has 1 fully saturated rings. The van der Waals surface area contributed by atoms with Gasteiger partial charge in [-0.1, -0.05) is 18.2 Å². The van der Waals surface area contributed by atoms with Gasteiger partial charge < -0.3 is 9.73 Å². The van der Waals surface area contributed by atoms with Gasteiger partial charge in [0.15, 0.2) is 0 Å². The van der Waals surface area contributed by atoms with Crippen LogP contribution in [0.2, 0.25) is 0 Å². The largest absolute Gasteiger partial charge is 0.451 e. The van der Waals surface area contributed by atoms with E-state index in [1.807, 2.05) is 0 Å². The summed E-state index contributed by atoms with van der Waals surface area (Å²) in [6, 6.07) is 10.6. The summed E-state index contributed by atoms with van der Waals surface area (Å²) >= 11 is 0. The normalized spacial score (nSPS) is 16.8. The predicted octanol–water partition coefficient (Wildman–Crippen LogP) is 3.77. The van der Waals surface area contributed by atoms with Crippen LogP contribution in [0.25, 0.3) is 22.1 Å². The molecule has 3 aromatic heterocycles. The van der Waals surface area contributed by atoms with Gasteiger partial charge in [0.05, 0.1) is 12.2 Å². The second-order valence-corrected chi connectivity index (χ2v) is 10.2. The van der Waals surface area contributed by atoms with Crippen molar-refractivity contribution < 1.29 is 30.8 Å². The molecule has 1 atom stereocenters. The van der Waals surface area contributed by atoms with Crippen LogP contribution in [0.4, 0.5) is 13.2 Å². The van der Waals surface area contributed by atoms with E-state index in [1.165, 1.54) is 12.3 Å². The SMILES string of the molecule is O=C(NCc1cc(-c2cnc(C(F)(F)F)nc2)ccn1)[C@@H]1CCCN1S(=O)(=O)c1cc2ccccc2o1. The molecule has 9 nitrogen and oxygen atoms in total. The Hall–Kier alpha value is -3.84. The molecule has 0 radical (unpaired) electrons. The number of rotatable bonds is 6. The smallest absolute Gasteiger partial charge is 0.443 e. The summed E-state index contributed by atoms with van der Waals surface area (Å²) in [6.07, 6.45) is -0.207. The first-order valence-electron chi connectivity index (χ1n) is 11.3. The molecule has 1 aliphatic heterocycles. The van der Waals surface area contributed by atoms with Gasteiger partial charge >= 0.3 is 6.18 Å². The Kier molecular flexibility index (Phi) is 6.42. The maximum atomic E-state index is 13.2. The zero-order valence-corrected chi connectivity index (χ0v) is 20.0. The van der Waals surface area contributed by atoms with Crippen LogP contribution in [0.5, 0.6) is 0 Å². The zero-order valence-electron chi connectivity index (χ0n) is 19.1. The molecule has 1 amide bonds. The Morgan fingerprint density at radius 3 is 2.57 bits per heavy atom. The zero-order chi connectivity index (χ0) is 26.2. The standard InChI is InChI=1S/C24H20F3N5O4S/c25-24(26,27)23-30-12-17(13-31-23)15-7-8-28-18(10-15)14-29-22(33)19-5-3-9-32(19)37(34,35)21-11-16-4-1-2-6-20(16)36-21/h1-2,4,6-8,10-13,19H,3,5,9,14H2,(H,29,33)/t19-/m0/s1. The van der Waals surface area contributed by atoms with Gasteiger partial charge in [0, 0.05) is 42.2 Å². The molecule has 4 aromatic rings. The molecule has 0 aliphatic carbocycles. The first-order chi connectivity index (χ1) is 17.6. The van der Waals surface area contributed by atoms with Crippen LogP contribution in [0.1, 0.15) is 24.4 Å². The van der Waals surface area contributed by atoms with Crippen molar-refractivity contribution in [1.82, 2.24) is 24.6 Å². The molecule has 0 unspecified atom stereocenters. The Morgan fingerprint density at radius 1 is 1.08 bits per heavy atom. The third-order valence-corrected chi connectivity index (χ3v) is 7.74. The van der Waals surface area contributed by atoms with E-state index in [-0.39, 0.29) is 18.2 Å². The van der Waals surface area contributed by atoms with Crippen molar-refractivity contribution in [3.05, 3.63) is 72.6 Å². The highest BCUT2D eigenvalue weighted by Gasteiger charge is 2.41. The summed E-state index contributed by atoms with van der Waals surface area (Å²) in [5, 5.41) is 3.13. The van der Waals surface area contributed by atoms with Gasteiger partial charge in [-0.3, -0.25) is 9.78 Å². The lowest BCUT2D eigenvalue weighted by Gasteiger charge is -2.22. The summed E-state index contributed by atoms with van der Waals surface area (Å²) in [7, 11) is -4.04. The van der Waals surface area contributed by atoms with Gasteiger partial charge in [0.1, 0.15) is 11.6 Å². The van der Waals surface area contributed by atoms with Crippen LogP contribution in [0, 0.1) is 0 Å². The van der Waals surface area contributed by atoms with E-state index in [9.17, 15) is 26.4 Å². The second-order valence-electron chi connectivity index (χ2n) is 8.42. The number of nitrogens with one attached hydrogen (secondary N) is 1. The summed E-state index contributed by atoms with van der Waals surface area (Å²) < 4.78 is 71.3. The summed E-state index contributed by atoms with van der Waals surface area (Å²) in [4.78, 5) is 23.9. The van der Waals surface area contributed by atoms with Crippen molar-refractivity contribution >= 4 is 26.9 Å². The molecule has 1 aliphatic rings. The summed E-state index contributed by atoms with van der Waals surface area (Å²) in [5.74, 6) is -1.72. The van der Waals surface area contributed by atoms with E-state index in [4.69, 9.17) is 4.42 Å². The fraction of sp³-hybridized carbons (Fsp3) is 0.250. The number of benzene rings is 1. The van der Waals surface area contributed by atoms with E-state index in [1.54, 1.807) is 36.4 Å². The Balaban J connectivity index is 1.28.